The average molecular weight is 497 g/mol. The van der Waals surface area contributed by atoms with E-state index in [0.29, 0.717) is 23.7 Å². The van der Waals surface area contributed by atoms with Gasteiger partial charge in [0.05, 0.1) is 12.7 Å². The van der Waals surface area contributed by atoms with Crippen molar-refractivity contribution in [2.45, 2.75) is 32.3 Å². The first kappa shape index (κ1) is 23.8. The summed E-state index contributed by atoms with van der Waals surface area (Å²) in [4.78, 5) is 19.3. The van der Waals surface area contributed by atoms with E-state index in [2.05, 4.69) is 5.32 Å². The third-order valence-electron chi connectivity index (χ3n) is 6.17. The summed E-state index contributed by atoms with van der Waals surface area (Å²) in [6, 6.07) is 25.3. The Bertz CT molecular complexity index is 1360. The number of carbonyl (C=O) groups excluding carboxylic acids is 1. The summed E-state index contributed by atoms with van der Waals surface area (Å²) < 4.78 is 11.5. The van der Waals surface area contributed by atoms with Crippen LogP contribution in [0.25, 0.3) is 0 Å². The van der Waals surface area contributed by atoms with Crippen LogP contribution in [0.15, 0.2) is 83.9 Å². The van der Waals surface area contributed by atoms with Crippen LogP contribution in [-0.4, -0.2) is 19.2 Å². The molecule has 1 aliphatic rings. The lowest BCUT2D eigenvalue weighted by atomic mass is 9.95. The van der Waals surface area contributed by atoms with Gasteiger partial charge in [0.1, 0.15) is 11.6 Å². The quantitative estimate of drug-likeness (QED) is 0.262. The minimum atomic E-state index is -0.102. The predicted octanol–water partition coefficient (Wildman–Crippen LogP) is 7.22. The Hall–Kier alpha value is -3.90. The van der Waals surface area contributed by atoms with Gasteiger partial charge in [-0.1, -0.05) is 48.5 Å². The van der Waals surface area contributed by atoms with Crippen LogP contribution in [0.1, 0.15) is 44.8 Å². The number of nitrogens with one attached hydrogen (secondary N) is 1. The highest BCUT2D eigenvalue weighted by atomic mass is 32.1. The van der Waals surface area contributed by atoms with E-state index in [-0.39, 0.29) is 5.91 Å². The molecule has 5 rings (SSSR count). The van der Waals surface area contributed by atoms with Crippen molar-refractivity contribution in [1.82, 2.24) is 0 Å². The Balaban J connectivity index is 1.38. The number of amides is 1. The van der Waals surface area contributed by atoms with Gasteiger partial charge in [0.2, 0.25) is 0 Å². The molecule has 1 aliphatic carbocycles. The van der Waals surface area contributed by atoms with E-state index in [1.807, 2.05) is 78.9 Å². The summed E-state index contributed by atoms with van der Waals surface area (Å²) in [5, 5.41) is 3.79. The van der Waals surface area contributed by atoms with E-state index in [0.717, 1.165) is 53.1 Å². The van der Waals surface area contributed by atoms with Gasteiger partial charge in [0.25, 0.3) is 5.91 Å². The van der Waals surface area contributed by atoms with E-state index < -0.39 is 0 Å². The summed E-state index contributed by atoms with van der Waals surface area (Å²) in [6.45, 7) is 0.464. The van der Waals surface area contributed by atoms with Crippen LogP contribution in [0.3, 0.4) is 0 Å². The topological polar surface area (TPSA) is 59.9 Å². The first-order valence-electron chi connectivity index (χ1n) is 12.1. The lowest BCUT2D eigenvalue weighted by Crippen LogP contribution is -2.14. The molecule has 1 amide bonds. The molecule has 0 fully saturated rings. The summed E-state index contributed by atoms with van der Waals surface area (Å²) >= 11 is 1.62. The van der Waals surface area contributed by atoms with Gasteiger partial charge in [-0.25, -0.2) is 4.99 Å². The van der Waals surface area contributed by atoms with Crippen molar-refractivity contribution in [1.29, 1.82) is 0 Å². The molecule has 1 heterocycles. The maximum absolute atomic E-state index is 13.3. The second-order valence-corrected chi connectivity index (χ2v) is 9.74. The first-order valence-corrected chi connectivity index (χ1v) is 12.9. The van der Waals surface area contributed by atoms with Crippen molar-refractivity contribution < 1.29 is 14.3 Å². The molecule has 0 spiro atoms. The lowest BCUT2D eigenvalue weighted by Gasteiger charge is -2.13. The van der Waals surface area contributed by atoms with E-state index in [4.69, 9.17) is 14.5 Å². The van der Waals surface area contributed by atoms with Gasteiger partial charge >= 0.3 is 0 Å². The Kier molecular flexibility index (Phi) is 7.43. The van der Waals surface area contributed by atoms with Crippen molar-refractivity contribution in [3.63, 3.8) is 0 Å². The number of hydrogen-bond acceptors (Lipinski definition) is 5. The number of fused-ring (bicyclic) bond motifs is 1. The molecule has 6 heteroatoms. The van der Waals surface area contributed by atoms with Gasteiger partial charge in [-0.05, 0) is 72.7 Å². The Labute approximate surface area is 215 Å². The van der Waals surface area contributed by atoms with Crippen LogP contribution in [-0.2, 0) is 19.4 Å². The minimum absolute atomic E-state index is 0.102. The zero-order valence-electron chi connectivity index (χ0n) is 20.2. The Morgan fingerprint density at radius 2 is 1.72 bits per heavy atom. The number of aryl methyl sites for hydroxylation is 1. The van der Waals surface area contributed by atoms with Gasteiger partial charge in [-0.3, -0.25) is 4.79 Å². The van der Waals surface area contributed by atoms with Crippen molar-refractivity contribution in [2.75, 3.05) is 12.4 Å². The summed E-state index contributed by atoms with van der Waals surface area (Å²) in [7, 11) is 1.63. The fourth-order valence-electron chi connectivity index (χ4n) is 4.34. The maximum Gasteiger partial charge on any atom is 0.259 e. The van der Waals surface area contributed by atoms with Gasteiger partial charge in [-0.15, -0.1) is 11.3 Å². The van der Waals surface area contributed by atoms with Crippen LogP contribution in [0.4, 0.5) is 10.7 Å². The van der Waals surface area contributed by atoms with Crippen LogP contribution in [0.5, 0.6) is 11.5 Å². The second-order valence-electron chi connectivity index (χ2n) is 8.65. The van der Waals surface area contributed by atoms with Crippen LogP contribution in [0.2, 0.25) is 0 Å². The third-order valence-corrected chi connectivity index (χ3v) is 7.37. The molecular formula is C30H28N2O3S. The van der Waals surface area contributed by atoms with E-state index in [9.17, 15) is 4.79 Å². The molecule has 3 aromatic carbocycles. The molecular weight excluding hydrogens is 468 g/mol. The van der Waals surface area contributed by atoms with Crippen molar-refractivity contribution in [3.05, 3.63) is 106 Å². The maximum atomic E-state index is 13.3. The number of rotatable bonds is 8. The van der Waals surface area contributed by atoms with Gasteiger partial charge in [-0.2, -0.15) is 0 Å². The highest BCUT2D eigenvalue weighted by Crippen LogP contribution is 2.40. The number of methoxy groups -OCH3 is 1. The molecule has 0 saturated carbocycles. The highest BCUT2D eigenvalue weighted by molar-refractivity contribution is 7.16. The Morgan fingerprint density at radius 3 is 2.50 bits per heavy atom. The van der Waals surface area contributed by atoms with E-state index in [1.54, 1.807) is 24.7 Å². The average Bonchev–Trinajstić information content (AvgIpc) is 3.30. The van der Waals surface area contributed by atoms with E-state index >= 15 is 0 Å². The smallest absolute Gasteiger partial charge is 0.259 e. The largest absolute Gasteiger partial charge is 0.493 e. The molecule has 0 aliphatic heterocycles. The van der Waals surface area contributed by atoms with Crippen LogP contribution in [0, 0.1) is 0 Å². The number of para-hydroxylation sites is 1. The lowest BCUT2D eigenvalue weighted by molar-refractivity contribution is 0.102. The SMILES string of the molecule is COc1cc(C=Nc2sc3c(c2C(=O)Nc2ccccc2)CCCC3)ccc1OCc1ccccc1. The van der Waals surface area contributed by atoms with Crippen LogP contribution < -0.4 is 14.8 Å². The molecule has 0 bridgehead atoms. The zero-order chi connectivity index (χ0) is 24.7. The summed E-state index contributed by atoms with van der Waals surface area (Å²) in [5.41, 5.74) is 4.59. The molecule has 1 N–H and O–H groups in total. The first-order chi connectivity index (χ1) is 17.7. The molecule has 0 unspecified atom stereocenters. The van der Waals surface area contributed by atoms with Crippen molar-refractivity contribution in [3.8, 4) is 11.5 Å². The monoisotopic (exact) mass is 496 g/mol. The van der Waals surface area contributed by atoms with Crippen molar-refractivity contribution in [2.24, 2.45) is 4.99 Å². The van der Waals surface area contributed by atoms with Gasteiger partial charge in [0, 0.05) is 16.8 Å². The number of benzene rings is 3. The number of carbonyl (C=O) groups is 1. The number of hydrogen-bond donors (Lipinski definition) is 1. The molecule has 0 atom stereocenters. The summed E-state index contributed by atoms with van der Waals surface area (Å²) in [5.74, 6) is 1.21. The molecule has 0 saturated heterocycles. The third kappa shape index (κ3) is 5.50. The molecule has 5 nitrogen and oxygen atoms in total. The minimum Gasteiger partial charge on any atom is -0.493 e. The summed E-state index contributed by atoms with van der Waals surface area (Å²) in [6.07, 6.45) is 5.96. The normalized spacial score (nSPS) is 12.8. The van der Waals surface area contributed by atoms with Gasteiger partial charge < -0.3 is 14.8 Å². The molecule has 182 valence electrons. The number of aliphatic imine (C=N–C) groups is 1. The standard InChI is InChI=1S/C30H28N2O3S/c1-34-26-18-22(16-17-25(26)35-20-21-10-4-2-5-11-21)19-31-30-28(24-14-8-9-15-27(24)36-30)29(33)32-23-12-6-3-7-13-23/h2-7,10-13,16-19H,8-9,14-15,20H2,1H3,(H,32,33). The van der Waals surface area contributed by atoms with E-state index in [1.165, 1.54) is 4.88 Å². The molecule has 36 heavy (non-hydrogen) atoms. The highest BCUT2D eigenvalue weighted by Gasteiger charge is 2.25. The number of nitrogens with zero attached hydrogens (tertiary/aromatic N) is 1. The number of ether oxygens (including phenoxy) is 2. The van der Waals surface area contributed by atoms with Gasteiger partial charge in [0.15, 0.2) is 11.5 Å². The Morgan fingerprint density at radius 1 is 0.972 bits per heavy atom. The van der Waals surface area contributed by atoms with Crippen LogP contribution >= 0.6 is 11.3 Å². The molecule has 4 aromatic rings. The molecule has 1 aromatic heterocycles. The van der Waals surface area contributed by atoms with Crippen molar-refractivity contribution >= 4 is 34.1 Å². The molecule has 0 radical (unpaired) electrons. The second kappa shape index (κ2) is 11.2. The predicted molar refractivity (Wildman–Crippen MR) is 146 cm³/mol. The number of anilines is 1. The fourth-order valence-corrected chi connectivity index (χ4v) is 5.57. The number of thiophene rings is 1. The fraction of sp³-hybridized carbons (Fsp3) is 0.200. The zero-order valence-corrected chi connectivity index (χ0v) is 21.0.